The summed E-state index contributed by atoms with van der Waals surface area (Å²) < 4.78 is 0. The lowest BCUT2D eigenvalue weighted by molar-refractivity contribution is -0.121. The molecule has 0 saturated heterocycles. The summed E-state index contributed by atoms with van der Waals surface area (Å²) in [6.07, 6.45) is 2.85. The van der Waals surface area contributed by atoms with Crippen LogP contribution in [0.15, 0.2) is 53.6 Å². The molecule has 25 heavy (non-hydrogen) atoms. The van der Waals surface area contributed by atoms with Crippen molar-refractivity contribution in [1.29, 1.82) is 0 Å². The van der Waals surface area contributed by atoms with Crippen LogP contribution in [0.5, 0.6) is 0 Å². The number of nitrogens with zero attached hydrogens (tertiary/aromatic N) is 2. The summed E-state index contributed by atoms with van der Waals surface area (Å²) in [4.78, 5) is 13.8. The second kappa shape index (κ2) is 9.47. The Labute approximate surface area is 149 Å². The fourth-order valence-electron chi connectivity index (χ4n) is 2.25. The molecule has 5 nitrogen and oxygen atoms in total. The zero-order chi connectivity index (χ0) is 18.1. The Morgan fingerprint density at radius 1 is 1.08 bits per heavy atom. The fraction of sp³-hybridized carbons (Fsp3) is 0.300. The van der Waals surface area contributed by atoms with Gasteiger partial charge in [0, 0.05) is 38.4 Å². The molecule has 0 saturated carbocycles. The van der Waals surface area contributed by atoms with E-state index in [1.54, 1.807) is 6.21 Å². The van der Waals surface area contributed by atoms with Crippen molar-refractivity contribution in [3.63, 3.8) is 0 Å². The number of anilines is 2. The number of aryl methyl sites for hydroxylation is 1. The summed E-state index contributed by atoms with van der Waals surface area (Å²) in [5, 5.41) is 7.31. The van der Waals surface area contributed by atoms with Crippen molar-refractivity contribution in [3.05, 3.63) is 59.7 Å². The van der Waals surface area contributed by atoms with Crippen LogP contribution in [0.3, 0.4) is 0 Å². The second-order valence-corrected chi connectivity index (χ2v) is 6.18. The normalized spacial score (nSPS) is 10.7. The third-order valence-corrected chi connectivity index (χ3v) is 3.77. The van der Waals surface area contributed by atoms with E-state index in [0.29, 0.717) is 6.42 Å². The maximum atomic E-state index is 11.8. The molecule has 0 aliphatic carbocycles. The van der Waals surface area contributed by atoms with Gasteiger partial charge in [0.15, 0.2) is 0 Å². The van der Waals surface area contributed by atoms with Gasteiger partial charge in [-0.15, -0.1) is 0 Å². The van der Waals surface area contributed by atoms with Gasteiger partial charge in [0.05, 0.1) is 6.21 Å². The third kappa shape index (κ3) is 6.67. The molecule has 0 atom stereocenters. The summed E-state index contributed by atoms with van der Waals surface area (Å²) in [5.41, 5.74) is 6.95. The Morgan fingerprint density at radius 2 is 1.76 bits per heavy atom. The summed E-state index contributed by atoms with van der Waals surface area (Å²) >= 11 is 0. The average Bonchev–Trinajstić information content (AvgIpc) is 2.61. The number of rotatable bonds is 8. The quantitative estimate of drug-likeness (QED) is 0.441. The predicted octanol–water partition coefficient (Wildman–Crippen LogP) is 3.40. The van der Waals surface area contributed by atoms with E-state index >= 15 is 0 Å². The van der Waals surface area contributed by atoms with Crippen LogP contribution in [0.25, 0.3) is 0 Å². The van der Waals surface area contributed by atoms with Crippen molar-refractivity contribution in [1.82, 2.24) is 5.43 Å². The highest BCUT2D eigenvalue weighted by Gasteiger charge is 1.99. The molecule has 0 fully saturated rings. The van der Waals surface area contributed by atoms with Gasteiger partial charge in [-0.05, 0) is 43.2 Å². The molecule has 2 rings (SSSR count). The molecular weight excluding hydrogens is 312 g/mol. The zero-order valence-corrected chi connectivity index (χ0v) is 15.1. The van der Waals surface area contributed by atoms with E-state index in [1.165, 1.54) is 5.56 Å². The highest BCUT2D eigenvalue weighted by molar-refractivity contribution is 5.82. The Balaban J connectivity index is 1.65. The van der Waals surface area contributed by atoms with Crippen LogP contribution in [-0.4, -0.2) is 32.8 Å². The number of amides is 1. The molecule has 132 valence electrons. The molecule has 1 amide bonds. The zero-order valence-electron chi connectivity index (χ0n) is 15.1. The first-order valence-corrected chi connectivity index (χ1v) is 8.44. The van der Waals surface area contributed by atoms with Gasteiger partial charge in [-0.25, -0.2) is 5.43 Å². The van der Waals surface area contributed by atoms with Crippen molar-refractivity contribution in [2.45, 2.75) is 19.8 Å². The van der Waals surface area contributed by atoms with Crippen LogP contribution in [-0.2, 0) is 4.79 Å². The first kappa shape index (κ1) is 18.5. The average molecular weight is 338 g/mol. The van der Waals surface area contributed by atoms with Gasteiger partial charge in [-0.3, -0.25) is 4.79 Å². The lowest BCUT2D eigenvalue weighted by atomic mass is 10.2. The maximum absolute atomic E-state index is 11.8. The molecule has 0 aromatic heterocycles. The molecule has 2 aromatic carbocycles. The minimum atomic E-state index is -0.0770. The molecule has 0 aliphatic rings. The minimum absolute atomic E-state index is 0.0770. The summed E-state index contributed by atoms with van der Waals surface area (Å²) in [5.74, 6) is -0.0770. The van der Waals surface area contributed by atoms with E-state index in [4.69, 9.17) is 0 Å². The van der Waals surface area contributed by atoms with E-state index in [1.807, 2.05) is 55.4 Å². The summed E-state index contributed by atoms with van der Waals surface area (Å²) in [6.45, 7) is 2.82. The number of carbonyl (C=O) groups is 1. The van der Waals surface area contributed by atoms with Gasteiger partial charge in [0.1, 0.15) is 0 Å². The topological polar surface area (TPSA) is 56.7 Å². The van der Waals surface area contributed by atoms with Crippen molar-refractivity contribution >= 4 is 23.5 Å². The van der Waals surface area contributed by atoms with Gasteiger partial charge in [0.2, 0.25) is 5.91 Å². The van der Waals surface area contributed by atoms with Crippen LogP contribution in [0.4, 0.5) is 11.4 Å². The molecule has 0 spiro atoms. The molecule has 0 aliphatic heterocycles. The largest absolute Gasteiger partial charge is 0.385 e. The Morgan fingerprint density at radius 3 is 2.40 bits per heavy atom. The lowest BCUT2D eigenvalue weighted by Gasteiger charge is -2.11. The van der Waals surface area contributed by atoms with E-state index in [9.17, 15) is 4.79 Å². The number of hydrogen-bond donors (Lipinski definition) is 2. The monoisotopic (exact) mass is 338 g/mol. The molecule has 0 unspecified atom stereocenters. The van der Waals surface area contributed by atoms with E-state index in [-0.39, 0.29) is 5.91 Å². The Bertz CT molecular complexity index is 691. The van der Waals surface area contributed by atoms with Crippen LogP contribution < -0.4 is 15.6 Å². The van der Waals surface area contributed by atoms with Crippen molar-refractivity contribution in [3.8, 4) is 0 Å². The highest BCUT2D eigenvalue weighted by Crippen LogP contribution is 2.11. The number of nitrogens with one attached hydrogen (secondary N) is 2. The van der Waals surface area contributed by atoms with Gasteiger partial charge in [0.25, 0.3) is 0 Å². The maximum Gasteiger partial charge on any atom is 0.240 e. The first-order chi connectivity index (χ1) is 12.0. The minimum Gasteiger partial charge on any atom is -0.385 e. The van der Waals surface area contributed by atoms with Crippen molar-refractivity contribution in [2.75, 3.05) is 30.9 Å². The van der Waals surface area contributed by atoms with Crippen LogP contribution in [0.1, 0.15) is 24.0 Å². The molecule has 2 aromatic rings. The molecule has 0 radical (unpaired) electrons. The van der Waals surface area contributed by atoms with Crippen LogP contribution in [0.2, 0.25) is 0 Å². The van der Waals surface area contributed by atoms with Gasteiger partial charge in [-0.2, -0.15) is 5.10 Å². The fourth-order valence-corrected chi connectivity index (χ4v) is 2.25. The number of hydrogen-bond acceptors (Lipinski definition) is 4. The van der Waals surface area contributed by atoms with Crippen molar-refractivity contribution in [2.24, 2.45) is 5.10 Å². The summed E-state index contributed by atoms with van der Waals surface area (Å²) in [6, 6.07) is 16.2. The number of hydrazone groups is 1. The summed E-state index contributed by atoms with van der Waals surface area (Å²) in [7, 11) is 3.99. The third-order valence-electron chi connectivity index (χ3n) is 3.77. The van der Waals surface area contributed by atoms with Gasteiger partial charge >= 0.3 is 0 Å². The predicted molar refractivity (Wildman–Crippen MR) is 105 cm³/mol. The van der Waals surface area contributed by atoms with E-state index in [0.717, 1.165) is 29.9 Å². The number of benzene rings is 2. The Kier molecular flexibility index (Phi) is 7.01. The molecule has 5 heteroatoms. The molecule has 0 heterocycles. The number of carbonyl (C=O) groups excluding carboxylic acids is 1. The van der Waals surface area contributed by atoms with Crippen LogP contribution in [0, 0.1) is 6.92 Å². The van der Waals surface area contributed by atoms with Crippen molar-refractivity contribution < 1.29 is 4.79 Å². The van der Waals surface area contributed by atoms with Gasteiger partial charge in [-0.1, -0.05) is 29.8 Å². The smallest absolute Gasteiger partial charge is 0.240 e. The molecule has 0 bridgehead atoms. The highest BCUT2D eigenvalue weighted by atomic mass is 16.2. The lowest BCUT2D eigenvalue weighted by Crippen LogP contribution is -2.18. The standard InChI is InChI=1S/C20H26N4O/c1-16-6-10-18(11-7-16)21-14-4-5-20(25)23-22-15-17-8-12-19(13-9-17)24(2)3/h6-13,15,21H,4-5,14H2,1-3H3,(H,23,25)/b22-15+. The van der Waals surface area contributed by atoms with E-state index in [2.05, 4.69) is 34.9 Å². The van der Waals surface area contributed by atoms with Gasteiger partial charge < -0.3 is 10.2 Å². The first-order valence-electron chi connectivity index (χ1n) is 8.44. The van der Waals surface area contributed by atoms with Crippen LogP contribution >= 0.6 is 0 Å². The van der Waals surface area contributed by atoms with E-state index < -0.39 is 0 Å². The Hall–Kier alpha value is -2.82. The SMILES string of the molecule is Cc1ccc(NCCCC(=O)N/N=C/c2ccc(N(C)C)cc2)cc1. The molecular formula is C20H26N4O. The second-order valence-electron chi connectivity index (χ2n) is 6.18. The molecule has 2 N–H and O–H groups in total.